The Labute approximate surface area is 125 Å². The van der Waals surface area contributed by atoms with Crippen molar-refractivity contribution in [3.63, 3.8) is 0 Å². The van der Waals surface area contributed by atoms with Crippen LogP contribution in [0, 0.1) is 5.82 Å². The predicted octanol–water partition coefficient (Wildman–Crippen LogP) is 4.12. The van der Waals surface area contributed by atoms with E-state index in [0.717, 1.165) is 5.56 Å². The Morgan fingerprint density at radius 3 is 2.62 bits per heavy atom. The molecule has 21 heavy (non-hydrogen) atoms. The van der Waals surface area contributed by atoms with E-state index < -0.39 is 0 Å². The first-order chi connectivity index (χ1) is 10.2. The van der Waals surface area contributed by atoms with Crippen molar-refractivity contribution in [2.45, 2.75) is 17.4 Å². The largest absolute Gasteiger partial charge is 0.411 e. The van der Waals surface area contributed by atoms with Crippen LogP contribution in [0.15, 0.2) is 58.4 Å². The summed E-state index contributed by atoms with van der Waals surface area (Å²) in [6, 6.07) is 10.3. The number of nitrogens with zero attached hydrogens (tertiary/aromatic N) is 3. The Morgan fingerprint density at radius 1 is 1.10 bits per heavy atom. The van der Waals surface area contributed by atoms with Gasteiger partial charge >= 0.3 is 0 Å². The average Bonchev–Trinajstić information content (AvgIpc) is 2.97. The quantitative estimate of drug-likeness (QED) is 0.678. The standard InChI is InChI=1S/C15H12FN3OS/c1-10(12-4-2-3-5-13(12)16)21-15-19-18-14(20-15)11-6-8-17-9-7-11/h2-10H,1H3. The molecule has 2 heterocycles. The van der Waals surface area contributed by atoms with Gasteiger partial charge in [0.25, 0.3) is 5.22 Å². The summed E-state index contributed by atoms with van der Waals surface area (Å²) < 4.78 is 19.3. The minimum atomic E-state index is -0.230. The van der Waals surface area contributed by atoms with Crippen molar-refractivity contribution in [1.82, 2.24) is 15.2 Å². The molecule has 3 aromatic rings. The topological polar surface area (TPSA) is 51.8 Å². The molecule has 1 atom stereocenters. The van der Waals surface area contributed by atoms with Crippen LogP contribution < -0.4 is 0 Å². The van der Waals surface area contributed by atoms with Crippen molar-refractivity contribution < 1.29 is 8.81 Å². The monoisotopic (exact) mass is 301 g/mol. The van der Waals surface area contributed by atoms with E-state index in [1.54, 1.807) is 36.7 Å². The maximum atomic E-state index is 13.7. The summed E-state index contributed by atoms with van der Waals surface area (Å²) >= 11 is 1.33. The lowest BCUT2D eigenvalue weighted by Gasteiger charge is -2.09. The highest BCUT2D eigenvalue weighted by atomic mass is 32.2. The molecule has 0 fully saturated rings. The molecule has 4 nitrogen and oxygen atoms in total. The number of benzene rings is 1. The van der Waals surface area contributed by atoms with E-state index in [-0.39, 0.29) is 11.1 Å². The Bertz CT molecular complexity index is 733. The summed E-state index contributed by atoms with van der Waals surface area (Å²) in [5.41, 5.74) is 1.43. The molecule has 0 saturated heterocycles. The first kappa shape index (κ1) is 13.8. The molecule has 0 aliphatic heterocycles. The highest BCUT2D eigenvalue weighted by Gasteiger charge is 2.16. The normalized spacial score (nSPS) is 12.3. The van der Waals surface area contributed by atoms with Gasteiger partial charge in [-0.1, -0.05) is 30.0 Å². The maximum Gasteiger partial charge on any atom is 0.277 e. The highest BCUT2D eigenvalue weighted by Crippen LogP contribution is 2.35. The van der Waals surface area contributed by atoms with Gasteiger partial charge in [0.2, 0.25) is 5.89 Å². The molecule has 3 rings (SSSR count). The summed E-state index contributed by atoms with van der Waals surface area (Å²) in [6.45, 7) is 1.90. The molecule has 1 aromatic carbocycles. The summed E-state index contributed by atoms with van der Waals surface area (Å²) in [5.74, 6) is 0.201. The Kier molecular flexibility index (Phi) is 3.96. The maximum absolute atomic E-state index is 13.7. The van der Waals surface area contributed by atoms with Crippen molar-refractivity contribution in [3.8, 4) is 11.5 Å². The molecule has 0 spiro atoms. The van der Waals surface area contributed by atoms with E-state index >= 15 is 0 Å². The van der Waals surface area contributed by atoms with Crippen LogP contribution in [0.2, 0.25) is 0 Å². The van der Waals surface area contributed by atoms with Gasteiger partial charge in [0.1, 0.15) is 5.82 Å². The second kappa shape index (κ2) is 6.05. The molecule has 0 saturated carbocycles. The number of rotatable bonds is 4. The van der Waals surface area contributed by atoms with Crippen molar-refractivity contribution in [3.05, 3.63) is 60.2 Å². The van der Waals surface area contributed by atoms with Crippen molar-refractivity contribution in [1.29, 1.82) is 0 Å². The molecule has 6 heteroatoms. The number of hydrogen-bond donors (Lipinski definition) is 0. The fraction of sp³-hybridized carbons (Fsp3) is 0.133. The van der Waals surface area contributed by atoms with Gasteiger partial charge in [-0.05, 0) is 25.1 Å². The molecule has 106 valence electrons. The van der Waals surface area contributed by atoms with Crippen molar-refractivity contribution in [2.24, 2.45) is 0 Å². The van der Waals surface area contributed by atoms with Gasteiger partial charge in [-0.15, -0.1) is 10.2 Å². The van der Waals surface area contributed by atoms with Crippen molar-refractivity contribution >= 4 is 11.8 Å². The molecule has 2 aromatic heterocycles. The van der Waals surface area contributed by atoms with Crippen molar-refractivity contribution in [2.75, 3.05) is 0 Å². The van der Waals surface area contributed by atoms with Crippen LogP contribution in [0.25, 0.3) is 11.5 Å². The number of hydrogen-bond acceptors (Lipinski definition) is 5. The highest BCUT2D eigenvalue weighted by molar-refractivity contribution is 7.99. The third-order valence-electron chi connectivity index (χ3n) is 2.95. The fourth-order valence-corrected chi connectivity index (χ4v) is 2.72. The smallest absolute Gasteiger partial charge is 0.277 e. The zero-order valence-corrected chi connectivity index (χ0v) is 12.0. The van der Waals surface area contributed by atoms with Crippen LogP contribution in [0.5, 0.6) is 0 Å². The van der Waals surface area contributed by atoms with E-state index in [1.807, 2.05) is 13.0 Å². The molecule has 0 N–H and O–H groups in total. The summed E-state index contributed by atoms with van der Waals surface area (Å²) in [5, 5.41) is 8.29. The molecule has 0 bridgehead atoms. The van der Waals surface area contributed by atoms with E-state index in [4.69, 9.17) is 4.42 Å². The van der Waals surface area contributed by atoms with Crippen LogP contribution in [0.3, 0.4) is 0 Å². The van der Waals surface area contributed by atoms with Gasteiger partial charge < -0.3 is 4.42 Å². The second-order valence-electron chi connectivity index (χ2n) is 4.39. The van der Waals surface area contributed by atoms with E-state index in [9.17, 15) is 4.39 Å². The van der Waals surface area contributed by atoms with Crippen LogP contribution in [-0.2, 0) is 0 Å². The molecular formula is C15H12FN3OS. The third kappa shape index (κ3) is 3.11. The average molecular weight is 301 g/mol. The zero-order chi connectivity index (χ0) is 14.7. The van der Waals surface area contributed by atoms with Crippen LogP contribution in [0.1, 0.15) is 17.7 Å². The van der Waals surface area contributed by atoms with Gasteiger partial charge in [0.05, 0.1) is 0 Å². The summed E-state index contributed by atoms with van der Waals surface area (Å²) in [6.07, 6.45) is 3.32. The van der Waals surface area contributed by atoms with E-state index in [0.29, 0.717) is 16.7 Å². The fourth-order valence-electron chi connectivity index (χ4n) is 1.89. The number of halogens is 1. The SMILES string of the molecule is CC(Sc1nnc(-c2ccncc2)o1)c1ccccc1F. The van der Waals surface area contributed by atoms with Crippen LogP contribution in [-0.4, -0.2) is 15.2 Å². The van der Waals surface area contributed by atoms with Crippen LogP contribution in [0.4, 0.5) is 4.39 Å². The van der Waals surface area contributed by atoms with Gasteiger partial charge in [0, 0.05) is 28.8 Å². The minimum Gasteiger partial charge on any atom is -0.411 e. The molecule has 1 unspecified atom stereocenters. The molecular weight excluding hydrogens is 289 g/mol. The van der Waals surface area contributed by atoms with Gasteiger partial charge in [-0.2, -0.15) is 0 Å². The number of pyridine rings is 1. The van der Waals surface area contributed by atoms with E-state index in [1.165, 1.54) is 17.8 Å². The summed E-state index contributed by atoms with van der Waals surface area (Å²) in [7, 11) is 0. The molecule has 0 aliphatic carbocycles. The Hall–Kier alpha value is -2.21. The van der Waals surface area contributed by atoms with Gasteiger partial charge in [0.15, 0.2) is 0 Å². The van der Waals surface area contributed by atoms with E-state index in [2.05, 4.69) is 15.2 Å². The third-order valence-corrected chi connectivity index (χ3v) is 3.93. The molecule has 0 radical (unpaired) electrons. The first-order valence-electron chi connectivity index (χ1n) is 6.39. The number of aromatic nitrogens is 3. The molecule has 0 amide bonds. The van der Waals surface area contributed by atoms with Crippen LogP contribution >= 0.6 is 11.8 Å². The van der Waals surface area contributed by atoms with Gasteiger partial charge in [-0.25, -0.2) is 4.39 Å². The second-order valence-corrected chi connectivity index (χ2v) is 5.68. The first-order valence-corrected chi connectivity index (χ1v) is 7.27. The zero-order valence-electron chi connectivity index (χ0n) is 11.2. The Balaban J connectivity index is 1.77. The lowest BCUT2D eigenvalue weighted by molar-refractivity contribution is 0.465. The Morgan fingerprint density at radius 2 is 1.86 bits per heavy atom. The predicted molar refractivity (Wildman–Crippen MR) is 78.2 cm³/mol. The minimum absolute atomic E-state index is 0.114. The lowest BCUT2D eigenvalue weighted by atomic mass is 10.1. The van der Waals surface area contributed by atoms with Gasteiger partial charge in [-0.3, -0.25) is 4.98 Å². The number of thioether (sulfide) groups is 1. The lowest BCUT2D eigenvalue weighted by Crippen LogP contribution is -1.92. The molecule has 0 aliphatic rings. The summed E-state index contributed by atoms with van der Waals surface area (Å²) in [4.78, 5) is 3.94.